The number of rotatable bonds is 7. The summed E-state index contributed by atoms with van der Waals surface area (Å²) < 4.78 is 11.6. The lowest BCUT2D eigenvalue weighted by atomic mass is 9.88. The summed E-state index contributed by atoms with van der Waals surface area (Å²) >= 11 is 2.16. The monoisotopic (exact) mass is 543 g/mol. The number of anilines is 1. The van der Waals surface area contributed by atoms with E-state index in [-0.39, 0.29) is 18.7 Å². The highest BCUT2D eigenvalue weighted by Crippen LogP contribution is 2.44. The molecule has 1 aliphatic rings. The van der Waals surface area contributed by atoms with Gasteiger partial charge in [-0.25, -0.2) is 0 Å². The van der Waals surface area contributed by atoms with Crippen molar-refractivity contribution in [3.8, 4) is 11.5 Å². The molecule has 0 aliphatic carbocycles. The van der Waals surface area contributed by atoms with Crippen molar-refractivity contribution in [2.24, 2.45) is 0 Å². The van der Waals surface area contributed by atoms with E-state index in [1.165, 1.54) is 4.90 Å². The summed E-state index contributed by atoms with van der Waals surface area (Å²) in [6, 6.07) is 19.5. The Labute approximate surface area is 199 Å². The van der Waals surface area contributed by atoms with E-state index in [0.717, 1.165) is 9.13 Å². The Hall–Kier alpha value is -2.91. The Balaban J connectivity index is 1.66. The first-order valence-corrected chi connectivity index (χ1v) is 11.1. The Kier molecular flexibility index (Phi) is 6.21. The summed E-state index contributed by atoms with van der Waals surface area (Å²) in [5.74, 6) is 0.325. The van der Waals surface area contributed by atoms with E-state index in [2.05, 4.69) is 22.6 Å². The number of carbonyl (C=O) groups excluding carboxylic acids is 2. The standard InChI is InChI=1S/C25H22INO5/c1-31-22-12-7-16(13-23(22)32-2)15-27-20-6-4-3-5-19(20)25(30,24(27)29)14-21(28)17-8-10-18(26)11-9-17/h3-13,30H,14-15H2,1-2H3. The number of hydrogen-bond donors (Lipinski definition) is 1. The van der Waals surface area contributed by atoms with Crippen LogP contribution in [0.2, 0.25) is 0 Å². The van der Waals surface area contributed by atoms with Gasteiger partial charge >= 0.3 is 0 Å². The number of benzene rings is 3. The molecule has 0 saturated heterocycles. The van der Waals surface area contributed by atoms with Crippen LogP contribution in [-0.4, -0.2) is 31.0 Å². The number of nitrogens with zero attached hydrogens (tertiary/aromatic N) is 1. The molecular formula is C25H22INO5. The van der Waals surface area contributed by atoms with Crippen molar-refractivity contribution in [3.63, 3.8) is 0 Å². The fourth-order valence-corrected chi connectivity index (χ4v) is 4.33. The molecule has 4 rings (SSSR count). The number of aliphatic hydroxyl groups is 1. The van der Waals surface area contributed by atoms with Crippen LogP contribution < -0.4 is 14.4 Å². The molecule has 164 valence electrons. The van der Waals surface area contributed by atoms with Crippen molar-refractivity contribution in [1.29, 1.82) is 0 Å². The van der Waals surface area contributed by atoms with Gasteiger partial charge in [0.2, 0.25) is 0 Å². The molecule has 0 spiro atoms. The van der Waals surface area contributed by atoms with Gasteiger partial charge in [-0.3, -0.25) is 9.59 Å². The quantitative estimate of drug-likeness (QED) is 0.355. The van der Waals surface area contributed by atoms with Crippen molar-refractivity contribution in [1.82, 2.24) is 0 Å². The summed E-state index contributed by atoms with van der Waals surface area (Å²) in [4.78, 5) is 27.9. The lowest BCUT2D eigenvalue weighted by Crippen LogP contribution is -2.41. The van der Waals surface area contributed by atoms with E-state index in [4.69, 9.17) is 9.47 Å². The van der Waals surface area contributed by atoms with Crippen molar-refractivity contribution in [2.45, 2.75) is 18.6 Å². The van der Waals surface area contributed by atoms with E-state index in [0.29, 0.717) is 28.3 Å². The molecule has 7 heteroatoms. The fourth-order valence-electron chi connectivity index (χ4n) is 3.97. The number of ketones is 1. The summed E-state index contributed by atoms with van der Waals surface area (Å²) in [6.45, 7) is 0.218. The Morgan fingerprint density at radius 2 is 1.69 bits per heavy atom. The number of fused-ring (bicyclic) bond motifs is 1. The molecular weight excluding hydrogens is 521 g/mol. The normalized spacial score (nSPS) is 17.2. The average molecular weight is 543 g/mol. The van der Waals surface area contributed by atoms with Crippen LogP contribution in [0.25, 0.3) is 0 Å². The molecule has 1 amide bonds. The summed E-state index contributed by atoms with van der Waals surface area (Å²) in [5.41, 5.74) is 0.365. The van der Waals surface area contributed by atoms with Crippen LogP contribution in [0.5, 0.6) is 11.5 Å². The molecule has 0 bridgehead atoms. The van der Waals surface area contributed by atoms with Gasteiger partial charge in [0.1, 0.15) is 0 Å². The Bertz CT molecular complexity index is 1180. The molecule has 6 nitrogen and oxygen atoms in total. The molecule has 3 aromatic rings. The van der Waals surface area contributed by atoms with Gasteiger partial charge in [0, 0.05) is 14.7 Å². The number of ether oxygens (including phenoxy) is 2. The molecule has 1 atom stereocenters. The SMILES string of the molecule is COc1ccc(CN2C(=O)C(O)(CC(=O)c3ccc(I)cc3)c3ccccc32)cc1OC. The number of Topliss-reactive ketones (excluding diaryl/α,β-unsaturated/α-hetero) is 1. The fraction of sp³-hybridized carbons (Fsp3) is 0.200. The summed E-state index contributed by atoms with van der Waals surface area (Å²) in [5, 5.41) is 11.5. The van der Waals surface area contributed by atoms with Gasteiger partial charge in [0.05, 0.1) is 32.9 Å². The van der Waals surface area contributed by atoms with Crippen LogP contribution in [0, 0.1) is 3.57 Å². The van der Waals surface area contributed by atoms with E-state index < -0.39 is 11.5 Å². The second-order valence-corrected chi connectivity index (χ2v) is 8.81. The highest BCUT2D eigenvalue weighted by atomic mass is 127. The average Bonchev–Trinajstić information content (AvgIpc) is 3.01. The Morgan fingerprint density at radius 1 is 1.00 bits per heavy atom. The minimum Gasteiger partial charge on any atom is -0.493 e. The van der Waals surface area contributed by atoms with Crippen LogP contribution in [0.4, 0.5) is 5.69 Å². The number of para-hydroxylation sites is 1. The van der Waals surface area contributed by atoms with Gasteiger partial charge in [-0.15, -0.1) is 0 Å². The maximum atomic E-state index is 13.5. The third kappa shape index (κ3) is 3.98. The molecule has 1 aliphatic heterocycles. The van der Waals surface area contributed by atoms with Crippen LogP contribution in [0.15, 0.2) is 66.7 Å². The predicted octanol–water partition coefficient (Wildman–Crippen LogP) is 4.32. The minimum atomic E-state index is -1.92. The molecule has 3 aromatic carbocycles. The molecule has 1 unspecified atom stereocenters. The van der Waals surface area contributed by atoms with Crippen molar-refractivity contribution >= 4 is 40.0 Å². The largest absolute Gasteiger partial charge is 0.493 e. The van der Waals surface area contributed by atoms with Crippen LogP contribution in [0.3, 0.4) is 0 Å². The van der Waals surface area contributed by atoms with Crippen LogP contribution >= 0.6 is 22.6 Å². The topological polar surface area (TPSA) is 76.1 Å². The number of hydrogen-bond acceptors (Lipinski definition) is 5. The first kappa shape index (κ1) is 22.3. The lowest BCUT2D eigenvalue weighted by molar-refractivity contribution is -0.136. The lowest BCUT2D eigenvalue weighted by Gasteiger charge is -2.23. The molecule has 1 heterocycles. The van der Waals surface area contributed by atoms with Crippen molar-refractivity contribution in [2.75, 3.05) is 19.1 Å². The summed E-state index contributed by atoms with van der Waals surface area (Å²) in [6.07, 6.45) is -0.328. The maximum absolute atomic E-state index is 13.5. The number of halogens is 1. The third-order valence-electron chi connectivity index (χ3n) is 5.61. The Morgan fingerprint density at radius 3 is 2.38 bits per heavy atom. The van der Waals surface area contributed by atoms with Gasteiger partial charge < -0.3 is 19.5 Å². The zero-order valence-electron chi connectivity index (χ0n) is 17.7. The smallest absolute Gasteiger partial charge is 0.264 e. The van der Waals surface area contributed by atoms with Crippen LogP contribution in [-0.2, 0) is 16.9 Å². The zero-order valence-corrected chi connectivity index (χ0v) is 19.8. The molecule has 0 radical (unpaired) electrons. The van der Waals surface area contributed by atoms with E-state index in [9.17, 15) is 14.7 Å². The molecule has 0 aromatic heterocycles. The molecule has 0 saturated carbocycles. The minimum absolute atomic E-state index is 0.218. The van der Waals surface area contributed by atoms with E-state index in [1.54, 1.807) is 62.8 Å². The van der Waals surface area contributed by atoms with Gasteiger partial charge in [0.15, 0.2) is 22.9 Å². The van der Waals surface area contributed by atoms with E-state index >= 15 is 0 Å². The van der Waals surface area contributed by atoms with Gasteiger partial charge in [-0.2, -0.15) is 0 Å². The van der Waals surface area contributed by atoms with E-state index in [1.807, 2.05) is 18.2 Å². The molecule has 0 fully saturated rings. The molecule has 1 N–H and O–H groups in total. The van der Waals surface area contributed by atoms with Crippen molar-refractivity contribution < 1.29 is 24.2 Å². The number of carbonyl (C=O) groups is 2. The van der Waals surface area contributed by atoms with Gasteiger partial charge in [-0.1, -0.05) is 36.4 Å². The van der Waals surface area contributed by atoms with Gasteiger partial charge in [-0.05, 0) is 58.5 Å². The second-order valence-electron chi connectivity index (χ2n) is 7.56. The molecule has 32 heavy (non-hydrogen) atoms. The van der Waals surface area contributed by atoms with Crippen molar-refractivity contribution in [3.05, 3.63) is 87.0 Å². The number of methoxy groups -OCH3 is 2. The maximum Gasteiger partial charge on any atom is 0.264 e. The van der Waals surface area contributed by atoms with Gasteiger partial charge in [0.25, 0.3) is 5.91 Å². The number of amides is 1. The zero-order chi connectivity index (χ0) is 22.9. The second kappa shape index (κ2) is 8.91. The highest BCUT2D eigenvalue weighted by Gasteiger charge is 2.50. The third-order valence-corrected chi connectivity index (χ3v) is 6.33. The highest BCUT2D eigenvalue weighted by molar-refractivity contribution is 14.1. The first-order chi connectivity index (χ1) is 15.4. The predicted molar refractivity (Wildman–Crippen MR) is 129 cm³/mol. The first-order valence-electron chi connectivity index (χ1n) is 10.0. The van der Waals surface area contributed by atoms with Crippen LogP contribution in [0.1, 0.15) is 27.9 Å². The summed E-state index contributed by atoms with van der Waals surface area (Å²) in [7, 11) is 3.11.